The number of halogens is 2. The zero-order valence-corrected chi connectivity index (χ0v) is 14.5. The van der Waals surface area contributed by atoms with Gasteiger partial charge in [-0.25, -0.2) is 9.37 Å². The number of aromatic amines is 2. The average molecular weight is 372 g/mol. The zero-order valence-electron chi connectivity index (χ0n) is 13.7. The van der Waals surface area contributed by atoms with Crippen LogP contribution in [0.1, 0.15) is 0 Å². The van der Waals surface area contributed by atoms with E-state index in [9.17, 15) is 4.39 Å². The Morgan fingerprint density at radius 3 is 2.85 bits per heavy atom. The quantitative estimate of drug-likeness (QED) is 0.563. The third-order valence-electron chi connectivity index (χ3n) is 4.67. The molecule has 0 atom stereocenters. The van der Waals surface area contributed by atoms with Gasteiger partial charge in [0, 0.05) is 18.5 Å². The third-order valence-corrected chi connectivity index (χ3v) is 4.96. The molecule has 3 heterocycles. The van der Waals surface area contributed by atoms with E-state index in [1.54, 1.807) is 0 Å². The van der Waals surface area contributed by atoms with Gasteiger partial charge in [0.1, 0.15) is 17.0 Å². The molecule has 2 aromatic carbocycles. The minimum atomic E-state index is -0.480. The summed E-state index contributed by atoms with van der Waals surface area (Å²) in [6.45, 7) is 3.07. The first-order valence-electron chi connectivity index (χ1n) is 8.35. The summed E-state index contributed by atoms with van der Waals surface area (Å²) in [5, 5.41) is 7.90. The standard InChI is InChI=1S/C18H15ClFN5O/c19-11-9-14-10(8-12(11)20)16(24-23-14)18-21-13-2-1-3-15(17(13)22-18)25-4-6-26-7-5-25/h1-3,8-9H,4-7H2,(H,21,22)(H,23,24). The Bertz CT molecular complexity index is 1120. The molecule has 5 rings (SSSR count). The number of H-pyrrole nitrogens is 2. The Morgan fingerprint density at radius 2 is 2.00 bits per heavy atom. The number of morpholine rings is 1. The highest BCUT2D eigenvalue weighted by atomic mass is 35.5. The van der Waals surface area contributed by atoms with E-state index in [-0.39, 0.29) is 5.02 Å². The summed E-state index contributed by atoms with van der Waals surface area (Å²) in [6, 6.07) is 8.94. The number of ether oxygens (including phenoxy) is 1. The van der Waals surface area contributed by atoms with E-state index in [1.807, 2.05) is 12.1 Å². The van der Waals surface area contributed by atoms with Crippen molar-refractivity contribution in [1.82, 2.24) is 20.2 Å². The smallest absolute Gasteiger partial charge is 0.159 e. The number of nitrogens with one attached hydrogen (secondary N) is 2. The predicted octanol–water partition coefficient (Wildman–Crippen LogP) is 3.74. The average Bonchev–Trinajstić information content (AvgIpc) is 3.26. The number of benzene rings is 2. The number of anilines is 1. The lowest BCUT2D eigenvalue weighted by Crippen LogP contribution is -2.36. The Hall–Kier alpha value is -2.64. The maximum Gasteiger partial charge on any atom is 0.159 e. The van der Waals surface area contributed by atoms with Crippen LogP contribution in [0.25, 0.3) is 33.5 Å². The highest BCUT2D eigenvalue weighted by Gasteiger charge is 2.19. The summed E-state index contributed by atoms with van der Waals surface area (Å²) in [4.78, 5) is 10.3. The van der Waals surface area contributed by atoms with Crippen molar-refractivity contribution >= 4 is 39.2 Å². The SMILES string of the molecule is Fc1cc2c(-c3nc4c(N5CCOCC5)cccc4[nH]3)n[nH]c2cc1Cl. The highest BCUT2D eigenvalue weighted by molar-refractivity contribution is 6.31. The molecular weight excluding hydrogens is 357 g/mol. The van der Waals surface area contributed by atoms with Crippen LogP contribution in [0.2, 0.25) is 5.02 Å². The number of hydrogen-bond acceptors (Lipinski definition) is 4. The number of para-hydroxylation sites is 1. The fraction of sp³-hybridized carbons (Fsp3) is 0.222. The van der Waals surface area contributed by atoms with Crippen molar-refractivity contribution in [2.24, 2.45) is 0 Å². The van der Waals surface area contributed by atoms with Gasteiger partial charge in [-0.3, -0.25) is 5.10 Å². The molecule has 1 aliphatic heterocycles. The second-order valence-electron chi connectivity index (χ2n) is 6.24. The summed E-state index contributed by atoms with van der Waals surface area (Å²) in [5.74, 6) is 0.112. The lowest BCUT2D eigenvalue weighted by atomic mass is 10.2. The summed E-state index contributed by atoms with van der Waals surface area (Å²) in [7, 11) is 0. The molecule has 4 aromatic rings. The minimum absolute atomic E-state index is 0.0620. The topological polar surface area (TPSA) is 69.8 Å². The number of nitrogens with zero attached hydrogens (tertiary/aromatic N) is 3. The fourth-order valence-electron chi connectivity index (χ4n) is 3.38. The van der Waals surface area contributed by atoms with Gasteiger partial charge in [-0.15, -0.1) is 0 Å². The van der Waals surface area contributed by atoms with E-state index >= 15 is 0 Å². The van der Waals surface area contributed by atoms with Crippen LogP contribution in [-0.2, 0) is 4.74 Å². The molecule has 26 heavy (non-hydrogen) atoms. The lowest BCUT2D eigenvalue weighted by Gasteiger charge is -2.28. The maximum atomic E-state index is 13.9. The van der Waals surface area contributed by atoms with E-state index in [4.69, 9.17) is 21.3 Å². The molecule has 1 saturated heterocycles. The Balaban J connectivity index is 1.65. The van der Waals surface area contributed by atoms with Gasteiger partial charge in [-0.2, -0.15) is 5.10 Å². The first-order valence-corrected chi connectivity index (χ1v) is 8.73. The summed E-state index contributed by atoms with van der Waals surface area (Å²) in [5.41, 5.74) is 4.08. The monoisotopic (exact) mass is 371 g/mol. The van der Waals surface area contributed by atoms with Gasteiger partial charge >= 0.3 is 0 Å². The molecular formula is C18H15ClFN5O. The Labute approximate surface area is 152 Å². The number of hydrogen-bond donors (Lipinski definition) is 2. The molecule has 0 saturated carbocycles. The number of rotatable bonds is 2. The third kappa shape index (κ3) is 2.43. The van der Waals surface area contributed by atoms with E-state index in [0.29, 0.717) is 35.6 Å². The van der Waals surface area contributed by atoms with Crippen LogP contribution in [0, 0.1) is 5.82 Å². The Kier molecular flexibility index (Phi) is 3.58. The van der Waals surface area contributed by atoms with Crippen molar-refractivity contribution < 1.29 is 9.13 Å². The maximum absolute atomic E-state index is 13.9. The molecule has 0 amide bonds. The van der Waals surface area contributed by atoms with Gasteiger partial charge in [0.15, 0.2) is 5.82 Å². The fourth-order valence-corrected chi connectivity index (χ4v) is 3.54. The van der Waals surface area contributed by atoms with Crippen LogP contribution >= 0.6 is 11.6 Å². The van der Waals surface area contributed by atoms with Crippen molar-refractivity contribution in [1.29, 1.82) is 0 Å². The zero-order chi connectivity index (χ0) is 17.7. The molecule has 132 valence electrons. The number of imidazole rings is 1. The van der Waals surface area contributed by atoms with Gasteiger partial charge in [0.25, 0.3) is 0 Å². The van der Waals surface area contributed by atoms with Crippen LogP contribution in [0.4, 0.5) is 10.1 Å². The molecule has 8 heteroatoms. The normalized spacial score (nSPS) is 15.2. The molecule has 1 fully saturated rings. The predicted molar refractivity (Wildman–Crippen MR) is 99.2 cm³/mol. The van der Waals surface area contributed by atoms with Crippen LogP contribution < -0.4 is 4.90 Å². The lowest BCUT2D eigenvalue weighted by molar-refractivity contribution is 0.123. The van der Waals surface area contributed by atoms with Crippen molar-refractivity contribution in [3.63, 3.8) is 0 Å². The molecule has 2 aromatic heterocycles. The second kappa shape index (κ2) is 5.96. The first kappa shape index (κ1) is 15.6. The van der Waals surface area contributed by atoms with E-state index < -0.39 is 5.82 Å². The van der Waals surface area contributed by atoms with Crippen molar-refractivity contribution in [2.45, 2.75) is 0 Å². The van der Waals surface area contributed by atoms with E-state index in [0.717, 1.165) is 29.8 Å². The summed E-state index contributed by atoms with van der Waals surface area (Å²) >= 11 is 5.85. The van der Waals surface area contributed by atoms with Crippen molar-refractivity contribution in [2.75, 3.05) is 31.2 Å². The second-order valence-corrected chi connectivity index (χ2v) is 6.65. The summed E-state index contributed by atoms with van der Waals surface area (Å²) < 4.78 is 19.3. The van der Waals surface area contributed by atoms with Gasteiger partial charge in [0.05, 0.1) is 35.0 Å². The first-order chi connectivity index (χ1) is 12.7. The van der Waals surface area contributed by atoms with Gasteiger partial charge in [0.2, 0.25) is 0 Å². The molecule has 0 radical (unpaired) electrons. The molecule has 0 bridgehead atoms. The number of fused-ring (bicyclic) bond motifs is 2. The highest BCUT2D eigenvalue weighted by Crippen LogP contribution is 2.32. The molecule has 6 nitrogen and oxygen atoms in total. The van der Waals surface area contributed by atoms with Gasteiger partial charge < -0.3 is 14.6 Å². The molecule has 0 spiro atoms. The van der Waals surface area contributed by atoms with Crippen molar-refractivity contribution in [3.8, 4) is 11.5 Å². The van der Waals surface area contributed by atoms with Crippen LogP contribution in [0.15, 0.2) is 30.3 Å². The van der Waals surface area contributed by atoms with Crippen molar-refractivity contribution in [3.05, 3.63) is 41.2 Å². The molecule has 0 unspecified atom stereocenters. The van der Waals surface area contributed by atoms with Crippen LogP contribution in [0.3, 0.4) is 0 Å². The number of aromatic nitrogens is 4. The minimum Gasteiger partial charge on any atom is -0.378 e. The van der Waals surface area contributed by atoms with E-state index in [2.05, 4.69) is 26.1 Å². The van der Waals surface area contributed by atoms with E-state index in [1.165, 1.54) is 12.1 Å². The van der Waals surface area contributed by atoms with Gasteiger partial charge in [-0.05, 0) is 24.3 Å². The largest absolute Gasteiger partial charge is 0.378 e. The Morgan fingerprint density at radius 1 is 1.15 bits per heavy atom. The summed E-state index contributed by atoms with van der Waals surface area (Å²) in [6.07, 6.45) is 0. The van der Waals surface area contributed by atoms with Crippen LogP contribution in [-0.4, -0.2) is 46.5 Å². The van der Waals surface area contributed by atoms with Gasteiger partial charge in [-0.1, -0.05) is 17.7 Å². The van der Waals surface area contributed by atoms with Crippen LogP contribution in [0.5, 0.6) is 0 Å². The molecule has 1 aliphatic rings. The molecule has 2 N–H and O–H groups in total. The molecule has 0 aliphatic carbocycles.